The molecular formula is C20H25NO5. The smallest absolute Gasteiger partial charge is 0.224 e. The van der Waals surface area contributed by atoms with Gasteiger partial charge >= 0.3 is 0 Å². The molecule has 2 rings (SSSR count). The van der Waals surface area contributed by atoms with Crippen LogP contribution in [0.2, 0.25) is 0 Å². The lowest BCUT2D eigenvalue weighted by Gasteiger charge is -2.15. The fourth-order valence-electron chi connectivity index (χ4n) is 2.51. The van der Waals surface area contributed by atoms with Crippen LogP contribution >= 0.6 is 0 Å². The third-order valence-electron chi connectivity index (χ3n) is 3.88. The summed E-state index contributed by atoms with van der Waals surface area (Å²) in [6, 6.07) is 12.5. The zero-order valence-corrected chi connectivity index (χ0v) is 15.3. The van der Waals surface area contributed by atoms with E-state index in [1.165, 1.54) is 7.11 Å². The van der Waals surface area contributed by atoms with Gasteiger partial charge in [0.05, 0.1) is 33.4 Å². The number of ether oxygens (including phenoxy) is 3. The van der Waals surface area contributed by atoms with E-state index in [1.807, 2.05) is 31.2 Å². The number of carbonyl (C=O) groups excluding carboxylic acids is 1. The maximum atomic E-state index is 12.1. The molecule has 0 aliphatic heterocycles. The Bertz CT molecular complexity index is 715. The van der Waals surface area contributed by atoms with Crippen LogP contribution in [0.5, 0.6) is 17.2 Å². The molecular weight excluding hydrogens is 334 g/mol. The monoisotopic (exact) mass is 359 g/mol. The average Bonchev–Trinajstić information content (AvgIpc) is 2.67. The molecule has 2 aromatic carbocycles. The van der Waals surface area contributed by atoms with Crippen molar-refractivity contribution >= 4 is 5.91 Å². The van der Waals surface area contributed by atoms with Crippen molar-refractivity contribution in [3.05, 3.63) is 53.6 Å². The molecule has 26 heavy (non-hydrogen) atoms. The summed E-state index contributed by atoms with van der Waals surface area (Å²) >= 11 is 0. The SMILES string of the molecule is CCOc1ccc(CC(=O)NC[C@@H](O)c2ccc(OC)c(OC)c2)cc1. The van der Waals surface area contributed by atoms with Crippen molar-refractivity contribution in [2.75, 3.05) is 27.4 Å². The highest BCUT2D eigenvalue weighted by Gasteiger charge is 2.13. The molecule has 1 amide bonds. The van der Waals surface area contributed by atoms with E-state index in [1.54, 1.807) is 25.3 Å². The van der Waals surface area contributed by atoms with E-state index < -0.39 is 6.10 Å². The van der Waals surface area contributed by atoms with Gasteiger partial charge in [0, 0.05) is 6.54 Å². The first kappa shape index (κ1) is 19.6. The number of aliphatic hydroxyl groups excluding tert-OH is 1. The second kappa shape index (κ2) is 9.68. The molecule has 0 fully saturated rings. The molecule has 0 unspecified atom stereocenters. The minimum absolute atomic E-state index is 0.116. The zero-order chi connectivity index (χ0) is 18.9. The summed E-state index contributed by atoms with van der Waals surface area (Å²) < 4.78 is 15.8. The normalized spacial score (nSPS) is 11.5. The van der Waals surface area contributed by atoms with Gasteiger partial charge in [-0.05, 0) is 42.3 Å². The Morgan fingerprint density at radius 3 is 2.38 bits per heavy atom. The lowest BCUT2D eigenvalue weighted by atomic mass is 10.1. The maximum Gasteiger partial charge on any atom is 0.224 e. The number of methoxy groups -OCH3 is 2. The average molecular weight is 359 g/mol. The first-order chi connectivity index (χ1) is 12.6. The van der Waals surface area contributed by atoms with Gasteiger partial charge in [-0.15, -0.1) is 0 Å². The molecule has 0 spiro atoms. The molecule has 0 radical (unpaired) electrons. The van der Waals surface area contributed by atoms with Crippen LogP contribution < -0.4 is 19.5 Å². The van der Waals surface area contributed by atoms with Crippen molar-refractivity contribution in [2.45, 2.75) is 19.4 Å². The number of carbonyl (C=O) groups is 1. The van der Waals surface area contributed by atoms with Crippen molar-refractivity contribution in [3.63, 3.8) is 0 Å². The molecule has 6 nitrogen and oxygen atoms in total. The van der Waals surface area contributed by atoms with Crippen LogP contribution in [0, 0.1) is 0 Å². The van der Waals surface area contributed by atoms with Gasteiger partial charge in [0.15, 0.2) is 11.5 Å². The number of rotatable bonds is 9. The van der Waals surface area contributed by atoms with Gasteiger partial charge in [0.1, 0.15) is 5.75 Å². The second-order valence-corrected chi connectivity index (χ2v) is 5.69. The van der Waals surface area contributed by atoms with Crippen LogP contribution in [0.15, 0.2) is 42.5 Å². The van der Waals surface area contributed by atoms with Gasteiger partial charge in [-0.1, -0.05) is 18.2 Å². The molecule has 6 heteroatoms. The number of nitrogens with one attached hydrogen (secondary N) is 1. The van der Waals surface area contributed by atoms with Crippen molar-refractivity contribution < 1.29 is 24.1 Å². The van der Waals surface area contributed by atoms with Crippen molar-refractivity contribution in [1.29, 1.82) is 0 Å². The fourth-order valence-corrected chi connectivity index (χ4v) is 2.51. The summed E-state index contributed by atoms with van der Waals surface area (Å²) in [7, 11) is 3.09. The van der Waals surface area contributed by atoms with E-state index in [4.69, 9.17) is 14.2 Å². The van der Waals surface area contributed by atoms with E-state index in [-0.39, 0.29) is 18.9 Å². The fraction of sp³-hybridized carbons (Fsp3) is 0.350. The van der Waals surface area contributed by atoms with Gasteiger partial charge in [-0.25, -0.2) is 0 Å². The summed E-state index contributed by atoms with van der Waals surface area (Å²) in [5.41, 5.74) is 1.52. The van der Waals surface area contributed by atoms with Crippen LogP contribution in [-0.2, 0) is 11.2 Å². The minimum Gasteiger partial charge on any atom is -0.494 e. The zero-order valence-electron chi connectivity index (χ0n) is 15.3. The predicted octanol–water partition coefficient (Wildman–Crippen LogP) is 2.49. The molecule has 0 aromatic heterocycles. The molecule has 0 aliphatic carbocycles. The number of benzene rings is 2. The number of hydrogen-bond donors (Lipinski definition) is 2. The molecule has 0 bridgehead atoms. The van der Waals surface area contributed by atoms with Crippen LogP contribution in [-0.4, -0.2) is 38.4 Å². The second-order valence-electron chi connectivity index (χ2n) is 5.69. The van der Waals surface area contributed by atoms with Gasteiger partial charge in [-0.2, -0.15) is 0 Å². The van der Waals surface area contributed by atoms with Gasteiger partial charge in [0.25, 0.3) is 0 Å². The first-order valence-corrected chi connectivity index (χ1v) is 8.45. The lowest BCUT2D eigenvalue weighted by Crippen LogP contribution is -2.29. The Balaban J connectivity index is 1.88. The molecule has 140 valence electrons. The third-order valence-corrected chi connectivity index (χ3v) is 3.88. The number of hydrogen-bond acceptors (Lipinski definition) is 5. The Morgan fingerprint density at radius 1 is 1.08 bits per heavy atom. The maximum absolute atomic E-state index is 12.1. The third kappa shape index (κ3) is 5.39. The Morgan fingerprint density at radius 2 is 1.77 bits per heavy atom. The molecule has 0 saturated heterocycles. The van der Waals surface area contributed by atoms with E-state index in [0.717, 1.165) is 11.3 Å². The van der Waals surface area contributed by atoms with E-state index in [0.29, 0.717) is 23.7 Å². The van der Waals surface area contributed by atoms with Crippen molar-refractivity contribution in [2.24, 2.45) is 0 Å². The molecule has 1 atom stereocenters. The number of aliphatic hydroxyl groups is 1. The largest absolute Gasteiger partial charge is 0.494 e. The summed E-state index contributed by atoms with van der Waals surface area (Å²) in [4.78, 5) is 12.1. The van der Waals surface area contributed by atoms with Crippen LogP contribution in [0.4, 0.5) is 0 Å². The summed E-state index contributed by atoms with van der Waals surface area (Å²) in [5, 5.41) is 13.0. The summed E-state index contributed by atoms with van der Waals surface area (Å²) in [6.45, 7) is 2.64. The Hall–Kier alpha value is -2.73. The molecule has 2 aromatic rings. The molecule has 0 heterocycles. The van der Waals surface area contributed by atoms with Crippen LogP contribution in [0.1, 0.15) is 24.2 Å². The quantitative estimate of drug-likeness (QED) is 0.719. The highest BCUT2D eigenvalue weighted by molar-refractivity contribution is 5.78. The van der Waals surface area contributed by atoms with E-state index >= 15 is 0 Å². The molecule has 0 saturated carbocycles. The Labute approximate surface area is 153 Å². The van der Waals surface area contributed by atoms with Crippen LogP contribution in [0.25, 0.3) is 0 Å². The predicted molar refractivity (Wildman–Crippen MR) is 98.8 cm³/mol. The summed E-state index contributed by atoms with van der Waals surface area (Å²) in [6.07, 6.45) is -0.593. The highest BCUT2D eigenvalue weighted by Crippen LogP contribution is 2.29. The van der Waals surface area contributed by atoms with E-state index in [2.05, 4.69) is 5.32 Å². The Kier molecular flexibility index (Phi) is 7.29. The van der Waals surface area contributed by atoms with Crippen molar-refractivity contribution in [1.82, 2.24) is 5.32 Å². The van der Waals surface area contributed by atoms with Crippen LogP contribution in [0.3, 0.4) is 0 Å². The van der Waals surface area contributed by atoms with E-state index in [9.17, 15) is 9.90 Å². The van der Waals surface area contributed by atoms with Gasteiger partial charge < -0.3 is 24.6 Å². The minimum atomic E-state index is -0.834. The molecule has 0 aliphatic rings. The lowest BCUT2D eigenvalue weighted by molar-refractivity contribution is -0.120. The topological polar surface area (TPSA) is 77.0 Å². The summed E-state index contributed by atoms with van der Waals surface area (Å²) in [5.74, 6) is 1.74. The highest BCUT2D eigenvalue weighted by atomic mass is 16.5. The molecule has 2 N–H and O–H groups in total. The number of amides is 1. The van der Waals surface area contributed by atoms with Gasteiger partial charge in [-0.3, -0.25) is 4.79 Å². The van der Waals surface area contributed by atoms with Crippen molar-refractivity contribution in [3.8, 4) is 17.2 Å². The standard InChI is InChI=1S/C20H25NO5/c1-4-26-16-8-5-14(6-9-16)11-20(23)21-13-17(22)15-7-10-18(24-2)19(12-15)25-3/h5-10,12,17,22H,4,11,13H2,1-3H3,(H,21,23)/t17-/m1/s1. The first-order valence-electron chi connectivity index (χ1n) is 8.45. The van der Waals surface area contributed by atoms with Gasteiger partial charge in [0.2, 0.25) is 5.91 Å².